The Bertz CT molecular complexity index is 759. The highest BCUT2D eigenvalue weighted by Crippen LogP contribution is 2.23. The van der Waals surface area contributed by atoms with Crippen LogP contribution in [-0.2, 0) is 17.3 Å². The number of nitrogens with zero attached hydrogens (tertiary/aromatic N) is 4. The molecule has 0 saturated heterocycles. The molecule has 1 aliphatic rings. The number of hydrogen-bond donors (Lipinski definition) is 2. The third kappa shape index (κ3) is 5.38. The van der Waals surface area contributed by atoms with E-state index in [0.29, 0.717) is 17.8 Å². The van der Waals surface area contributed by atoms with Gasteiger partial charge >= 0.3 is 0 Å². The van der Waals surface area contributed by atoms with Crippen molar-refractivity contribution in [3.8, 4) is 5.69 Å². The Kier molecular flexibility index (Phi) is 6.98. The van der Waals surface area contributed by atoms with Crippen LogP contribution in [0.3, 0.4) is 0 Å². The van der Waals surface area contributed by atoms with E-state index >= 15 is 0 Å². The summed E-state index contributed by atoms with van der Waals surface area (Å²) in [5, 5.41) is 11.3. The van der Waals surface area contributed by atoms with E-state index in [-0.39, 0.29) is 0 Å². The van der Waals surface area contributed by atoms with Gasteiger partial charge < -0.3 is 10.6 Å². The third-order valence-corrected chi connectivity index (χ3v) is 6.67. The molecule has 8 heteroatoms. The Balaban J connectivity index is 1.51. The molecule has 1 aromatic heterocycles. The van der Waals surface area contributed by atoms with Crippen molar-refractivity contribution in [2.45, 2.75) is 50.4 Å². The van der Waals surface area contributed by atoms with Crippen molar-refractivity contribution in [2.75, 3.05) is 12.8 Å². The van der Waals surface area contributed by atoms with Crippen LogP contribution in [0, 0.1) is 0 Å². The van der Waals surface area contributed by atoms with Crippen LogP contribution in [0.1, 0.15) is 38.2 Å². The van der Waals surface area contributed by atoms with Crippen LogP contribution in [0.25, 0.3) is 5.69 Å². The summed E-state index contributed by atoms with van der Waals surface area (Å²) in [6.07, 6.45) is 7.45. The fourth-order valence-corrected chi connectivity index (χ4v) is 4.78. The minimum Gasteiger partial charge on any atom is -0.354 e. The van der Waals surface area contributed by atoms with Gasteiger partial charge in [0, 0.05) is 41.4 Å². The lowest BCUT2D eigenvalue weighted by molar-refractivity contribution is 0.413. The Morgan fingerprint density at radius 1 is 1.33 bits per heavy atom. The zero-order valence-corrected chi connectivity index (χ0v) is 16.8. The maximum absolute atomic E-state index is 12.1. The van der Waals surface area contributed by atoms with Crippen LogP contribution in [0.2, 0.25) is 0 Å². The van der Waals surface area contributed by atoms with Crippen molar-refractivity contribution < 1.29 is 4.21 Å². The largest absolute Gasteiger partial charge is 0.354 e. The average molecular weight is 389 g/mol. The van der Waals surface area contributed by atoms with Crippen molar-refractivity contribution >= 4 is 16.8 Å². The normalized spacial score (nSPS) is 21.6. The molecule has 27 heavy (non-hydrogen) atoms. The molecule has 0 radical (unpaired) electrons. The fraction of sp³-hybridized carbons (Fsp3) is 0.526. The molecule has 7 nitrogen and oxygen atoms in total. The van der Waals surface area contributed by atoms with Crippen LogP contribution in [-0.4, -0.2) is 49.0 Å². The van der Waals surface area contributed by atoms with Gasteiger partial charge in [-0.25, -0.2) is 9.67 Å². The monoisotopic (exact) mass is 388 g/mol. The molecule has 3 rings (SSSR count). The van der Waals surface area contributed by atoms with Crippen molar-refractivity contribution in [1.82, 2.24) is 25.4 Å². The maximum Gasteiger partial charge on any atom is 0.191 e. The molecule has 2 N–H and O–H groups in total. The van der Waals surface area contributed by atoms with E-state index in [1.165, 1.54) is 6.33 Å². The quantitative estimate of drug-likeness (QED) is 0.584. The lowest BCUT2D eigenvalue weighted by atomic mass is 9.95. The number of guanidine groups is 1. The molecule has 1 aromatic carbocycles. The van der Waals surface area contributed by atoms with Crippen molar-refractivity contribution in [1.29, 1.82) is 0 Å². The molecule has 0 amide bonds. The van der Waals surface area contributed by atoms with Gasteiger partial charge in [-0.15, -0.1) is 0 Å². The molecule has 146 valence electrons. The Morgan fingerprint density at radius 3 is 2.81 bits per heavy atom. The first-order valence-electron chi connectivity index (χ1n) is 9.48. The third-order valence-electron chi connectivity index (χ3n) is 4.93. The van der Waals surface area contributed by atoms with Crippen molar-refractivity contribution in [3.63, 3.8) is 0 Å². The topological polar surface area (TPSA) is 84.2 Å². The summed E-state index contributed by atoms with van der Waals surface area (Å²) >= 11 is 0. The van der Waals surface area contributed by atoms with Crippen LogP contribution in [0.5, 0.6) is 0 Å². The molecule has 0 spiro atoms. The number of benzene rings is 1. The van der Waals surface area contributed by atoms with E-state index in [9.17, 15) is 4.21 Å². The van der Waals surface area contributed by atoms with Gasteiger partial charge in [0.05, 0.1) is 5.69 Å². The number of nitrogens with one attached hydrogen (secondary N) is 2. The van der Waals surface area contributed by atoms with Gasteiger partial charge in [-0.2, -0.15) is 5.10 Å². The lowest BCUT2D eigenvalue weighted by Crippen LogP contribution is -2.46. The van der Waals surface area contributed by atoms with Crippen LogP contribution in [0.15, 0.2) is 41.9 Å². The van der Waals surface area contributed by atoms with Gasteiger partial charge in [-0.1, -0.05) is 25.5 Å². The first-order valence-corrected chi connectivity index (χ1v) is 10.9. The summed E-state index contributed by atoms with van der Waals surface area (Å²) in [5.41, 5.74) is 2.14. The van der Waals surface area contributed by atoms with Crippen LogP contribution >= 0.6 is 0 Å². The minimum atomic E-state index is -0.711. The van der Waals surface area contributed by atoms with E-state index in [2.05, 4.69) is 37.8 Å². The van der Waals surface area contributed by atoms with Gasteiger partial charge in [0.1, 0.15) is 12.7 Å². The number of aromatic nitrogens is 3. The minimum absolute atomic E-state index is 0.309. The first kappa shape index (κ1) is 19.5. The molecular weight excluding hydrogens is 360 g/mol. The number of rotatable bonds is 6. The second-order valence-electron chi connectivity index (χ2n) is 6.73. The molecular formula is C19H28N6OS. The van der Waals surface area contributed by atoms with Crippen molar-refractivity contribution in [3.05, 3.63) is 42.5 Å². The molecule has 3 atom stereocenters. The maximum atomic E-state index is 12.1. The smallest absolute Gasteiger partial charge is 0.191 e. The summed E-state index contributed by atoms with van der Waals surface area (Å²) < 4.78 is 13.9. The summed E-state index contributed by atoms with van der Waals surface area (Å²) in [7, 11) is 1.07. The molecule has 0 bridgehead atoms. The standard InChI is InChI=1S/C19H28N6OS/c1-3-27(26)18-6-4-5-16(11-18)24-19(20-2)22-12-15-7-9-17(10-8-15)25-14-21-13-23-25/h7-10,13-14,16,18H,3-6,11-12H2,1-2H3,(H2,20,22,24). The van der Waals surface area contributed by atoms with Gasteiger partial charge in [0.15, 0.2) is 5.96 Å². The molecule has 3 unspecified atom stereocenters. The van der Waals surface area contributed by atoms with Gasteiger partial charge in [-0.05, 0) is 37.0 Å². The van der Waals surface area contributed by atoms with Crippen molar-refractivity contribution in [2.24, 2.45) is 4.99 Å². The molecule has 1 aliphatic carbocycles. The Labute approximate surface area is 163 Å². The first-order chi connectivity index (χ1) is 13.2. The number of hydrogen-bond acceptors (Lipinski definition) is 4. The van der Waals surface area contributed by atoms with Gasteiger partial charge in [0.2, 0.25) is 0 Å². The zero-order valence-electron chi connectivity index (χ0n) is 16.0. The summed E-state index contributed by atoms with van der Waals surface area (Å²) in [5.74, 6) is 1.54. The fourth-order valence-electron chi connectivity index (χ4n) is 3.43. The number of aliphatic imine (C=N–C) groups is 1. The van der Waals surface area contributed by atoms with E-state index in [1.807, 2.05) is 19.1 Å². The molecule has 1 saturated carbocycles. The van der Waals surface area contributed by atoms with Gasteiger partial charge in [-0.3, -0.25) is 9.20 Å². The van der Waals surface area contributed by atoms with Gasteiger partial charge in [0.25, 0.3) is 0 Å². The lowest BCUT2D eigenvalue weighted by Gasteiger charge is -2.30. The highest BCUT2D eigenvalue weighted by atomic mass is 32.2. The SMILES string of the molecule is CCS(=O)C1CCCC(NC(=NC)NCc2ccc(-n3cncn3)cc2)C1. The van der Waals surface area contributed by atoms with E-state index < -0.39 is 10.8 Å². The van der Waals surface area contributed by atoms with Crippen LogP contribution < -0.4 is 10.6 Å². The molecule has 0 aliphatic heterocycles. The predicted octanol–water partition coefficient (Wildman–Crippen LogP) is 2.01. The molecule has 1 heterocycles. The Hall–Kier alpha value is -2.22. The molecule has 1 fully saturated rings. The highest BCUT2D eigenvalue weighted by molar-refractivity contribution is 7.85. The predicted molar refractivity (Wildman–Crippen MR) is 109 cm³/mol. The second-order valence-corrected chi connectivity index (χ2v) is 8.74. The van der Waals surface area contributed by atoms with E-state index in [0.717, 1.165) is 48.6 Å². The second kappa shape index (κ2) is 9.64. The van der Waals surface area contributed by atoms with Crippen LogP contribution in [0.4, 0.5) is 0 Å². The molecule has 2 aromatic rings. The summed E-state index contributed by atoms with van der Waals surface area (Å²) in [6.45, 7) is 2.69. The zero-order chi connectivity index (χ0) is 19.1. The van der Waals surface area contributed by atoms with E-state index in [1.54, 1.807) is 18.1 Å². The summed E-state index contributed by atoms with van der Waals surface area (Å²) in [4.78, 5) is 8.31. The summed E-state index contributed by atoms with van der Waals surface area (Å²) in [6, 6.07) is 8.51. The average Bonchev–Trinajstić information content (AvgIpc) is 3.26. The van der Waals surface area contributed by atoms with E-state index in [4.69, 9.17) is 0 Å². The highest BCUT2D eigenvalue weighted by Gasteiger charge is 2.25. The Morgan fingerprint density at radius 2 is 2.15 bits per heavy atom.